The number of anilines is 1. The molecule has 0 fully saturated rings. The number of rotatable bonds is 21. The molecule has 0 aliphatic heterocycles. The lowest BCUT2D eigenvalue weighted by Crippen LogP contribution is -2.54. The molecule has 0 aliphatic rings. The molecule has 6 amide bonds. The van der Waals surface area contributed by atoms with E-state index in [9.17, 15) is 24.0 Å². The van der Waals surface area contributed by atoms with E-state index in [1.54, 1.807) is 31.3 Å². The third-order valence-electron chi connectivity index (χ3n) is 7.23. The molecule has 1 rings (SSSR count). The predicted molar refractivity (Wildman–Crippen MR) is 174 cm³/mol. The van der Waals surface area contributed by atoms with E-state index in [0.29, 0.717) is 31.6 Å². The molecule has 0 bridgehead atoms. The van der Waals surface area contributed by atoms with Gasteiger partial charge in [-0.1, -0.05) is 39.3 Å². The van der Waals surface area contributed by atoms with E-state index in [1.165, 1.54) is 4.90 Å². The Balaban J connectivity index is 2.82. The average molecular weight is 635 g/mol. The summed E-state index contributed by atoms with van der Waals surface area (Å²) in [6.45, 7) is 8.69. The number of hydrogen-bond acceptors (Lipinski definition) is 8. The summed E-state index contributed by atoms with van der Waals surface area (Å²) in [5, 5.41) is 10.8. The van der Waals surface area contributed by atoms with Crippen LogP contribution < -0.4 is 32.7 Å². The maximum absolute atomic E-state index is 13.3. The Labute approximate surface area is 267 Å². The van der Waals surface area contributed by atoms with Crippen molar-refractivity contribution in [3.8, 4) is 0 Å². The Morgan fingerprint density at radius 1 is 0.911 bits per heavy atom. The number of benzene rings is 1. The second-order valence-corrected chi connectivity index (χ2v) is 11.4. The van der Waals surface area contributed by atoms with E-state index < -0.39 is 36.0 Å². The zero-order valence-electron chi connectivity index (χ0n) is 27.5. The zero-order valence-corrected chi connectivity index (χ0v) is 27.5. The average Bonchev–Trinajstić information content (AvgIpc) is 3.00. The summed E-state index contributed by atoms with van der Waals surface area (Å²) in [7, 11) is 3.67. The van der Waals surface area contributed by atoms with Crippen LogP contribution in [0.2, 0.25) is 0 Å². The summed E-state index contributed by atoms with van der Waals surface area (Å²) in [6, 6.07) is 4.35. The molecule has 1 aromatic rings. The number of ether oxygens (including phenoxy) is 1. The molecular weight excluding hydrogens is 580 g/mol. The molecule has 0 aromatic heterocycles. The third kappa shape index (κ3) is 16.7. The van der Waals surface area contributed by atoms with Gasteiger partial charge in [-0.2, -0.15) is 0 Å². The van der Waals surface area contributed by atoms with Crippen LogP contribution in [0.5, 0.6) is 0 Å². The maximum atomic E-state index is 13.3. The van der Waals surface area contributed by atoms with Gasteiger partial charge in [0.25, 0.3) is 0 Å². The lowest BCUT2D eigenvalue weighted by Gasteiger charge is -2.25. The van der Waals surface area contributed by atoms with E-state index >= 15 is 0 Å². The number of unbranched alkanes of at least 4 members (excludes halogenated alkanes) is 2. The lowest BCUT2D eigenvalue weighted by molar-refractivity contribution is -0.132. The molecule has 45 heavy (non-hydrogen) atoms. The van der Waals surface area contributed by atoms with E-state index in [4.69, 9.17) is 16.2 Å². The van der Waals surface area contributed by atoms with Crippen molar-refractivity contribution in [3.05, 3.63) is 29.8 Å². The minimum Gasteiger partial charge on any atom is -0.445 e. The standard InChI is InChI=1S/C31H54N8O6/c1-6-38(4)19-20-39(5)31(44)45-21-23-13-15-24(16-14-23)35-28(41)25(11-10-18-34-30(33)43)36-29(42)27(22(2)3)37-26(40)12-8-7-9-17-32/h13-16,22,25,27H,6-12,17-21,32H2,1-5H3,(H,35,41)(H,36,42)(H,37,40)(H3,33,34,43)/t25-,27-/m0/s1. The van der Waals surface area contributed by atoms with Gasteiger partial charge in [0.05, 0.1) is 0 Å². The SMILES string of the molecule is CCN(C)CCN(C)C(=O)OCc1ccc(NC(=O)[C@H](CCCNC(N)=O)NC(=O)[C@@H](NC(=O)CCCCCN)C(C)C)cc1. The molecule has 14 heteroatoms. The summed E-state index contributed by atoms with van der Waals surface area (Å²) in [5.41, 5.74) is 11.9. The van der Waals surface area contributed by atoms with Gasteiger partial charge in [0.15, 0.2) is 0 Å². The van der Waals surface area contributed by atoms with E-state index in [-0.39, 0.29) is 37.8 Å². The molecule has 0 unspecified atom stereocenters. The van der Waals surface area contributed by atoms with Crippen LogP contribution in [0.3, 0.4) is 0 Å². The van der Waals surface area contributed by atoms with Crippen LogP contribution in [0.15, 0.2) is 24.3 Å². The van der Waals surface area contributed by atoms with Crippen LogP contribution in [0.25, 0.3) is 0 Å². The summed E-state index contributed by atoms with van der Waals surface area (Å²) in [6.07, 6.45) is 2.76. The molecule has 254 valence electrons. The molecule has 1 aromatic carbocycles. The highest BCUT2D eigenvalue weighted by Crippen LogP contribution is 2.13. The van der Waals surface area contributed by atoms with Gasteiger partial charge in [0.2, 0.25) is 17.7 Å². The number of nitrogens with two attached hydrogens (primary N) is 2. The first-order chi connectivity index (χ1) is 21.4. The lowest BCUT2D eigenvalue weighted by atomic mass is 10.0. The van der Waals surface area contributed by atoms with Gasteiger partial charge < -0.3 is 47.3 Å². The summed E-state index contributed by atoms with van der Waals surface area (Å²) in [4.78, 5) is 66.0. The van der Waals surface area contributed by atoms with Crippen molar-refractivity contribution in [2.24, 2.45) is 17.4 Å². The number of urea groups is 1. The Morgan fingerprint density at radius 2 is 1.60 bits per heavy atom. The van der Waals surface area contributed by atoms with E-state index in [2.05, 4.69) is 26.2 Å². The van der Waals surface area contributed by atoms with Gasteiger partial charge in [-0.15, -0.1) is 0 Å². The van der Waals surface area contributed by atoms with Crippen molar-refractivity contribution in [1.29, 1.82) is 0 Å². The highest BCUT2D eigenvalue weighted by molar-refractivity contribution is 5.98. The fourth-order valence-electron chi connectivity index (χ4n) is 4.17. The first-order valence-corrected chi connectivity index (χ1v) is 15.7. The Kier molecular flexibility index (Phi) is 18.9. The van der Waals surface area contributed by atoms with Gasteiger partial charge in [0.1, 0.15) is 18.7 Å². The predicted octanol–water partition coefficient (Wildman–Crippen LogP) is 1.74. The minimum atomic E-state index is -0.946. The number of carbonyl (C=O) groups is 5. The van der Waals surface area contributed by atoms with Crippen LogP contribution in [0.1, 0.15) is 64.9 Å². The molecule has 0 spiro atoms. The number of nitrogens with one attached hydrogen (secondary N) is 4. The molecule has 8 N–H and O–H groups in total. The molecule has 0 radical (unpaired) electrons. The summed E-state index contributed by atoms with van der Waals surface area (Å²) in [5.74, 6) is -1.41. The summed E-state index contributed by atoms with van der Waals surface area (Å²) < 4.78 is 5.39. The van der Waals surface area contributed by atoms with Crippen LogP contribution in [-0.2, 0) is 25.7 Å². The fraction of sp³-hybridized carbons (Fsp3) is 0.645. The van der Waals surface area contributed by atoms with Crippen molar-refractivity contribution in [1.82, 2.24) is 25.8 Å². The van der Waals surface area contributed by atoms with Crippen LogP contribution in [-0.4, -0.2) is 98.5 Å². The quantitative estimate of drug-likeness (QED) is 0.110. The molecule has 0 saturated carbocycles. The zero-order chi connectivity index (χ0) is 33.8. The smallest absolute Gasteiger partial charge is 0.409 e. The van der Waals surface area contributed by atoms with Crippen LogP contribution in [0, 0.1) is 5.92 Å². The van der Waals surface area contributed by atoms with Gasteiger partial charge in [0, 0.05) is 38.8 Å². The second kappa shape index (κ2) is 21.7. The Bertz CT molecular complexity index is 1070. The fourth-order valence-corrected chi connectivity index (χ4v) is 4.17. The maximum Gasteiger partial charge on any atom is 0.409 e. The largest absolute Gasteiger partial charge is 0.445 e. The first kappa shape index (κ1) is 39.1. The molecule has 14 nitrogen and oxygen atoms in total. The van der Waals surface area contributed by atoms with Gasteiger partial charge in [-0.3, -0.25) is 14.4 Å². The van der Waals surface area contributed by atoms with Crippen molar-refractivity contribution >= 4 is 35.5 Å². The molecular formula is C31H54N8O6. The van der Waals surface area contributed by atoms with Crippen molar-refractivity contribution in [2.45, 2.75) is 78.0 Å². The highest BCUT2D eigenvalue weighted by atomic mass is 16.6. The number of primary amides is 1. The molecule has 2 atom stereocenters. The summed E-state index contributed by atoms with van der Waals surface area (Å²) >= 11 is 0. The first-order valence-electron chi connectivity index (χ1n) is 15.7. The third-order valence-corrected chi connectivity index (χ3v) is 7.23. The number of hydrogen-bond donors (Lipinski definition) is 6. The molecule has 0 saturated heterocycles. The van der Waals surface area contributed by atoms with Crippen molar-refractivity contribution in [2.75, 3.05) is 52.1 Å². The normalized spacial score (nSPS) is 12.3. The van der Waals surface area contributed by atoms with E-state index in [1.807, 2.05) is 27.8 Å². The number of carbonyl (C=O) groups excluding carboxylic acids is 5. The molecule has 0 heterocycles. The van der Waals surface area contributed by atoms with E-state index in [0.717, 1.165) is 31.5 Å². The second-order valence-electron chi connectivity index (χ2n) is 11.4. The van der Waals surface area contributed by atoms with Gasteiger partial charge in [-0.25, -0.2) is 9.59 Å². The minimum absolute atomic E-state index is 0.0713. The Hall–Kier alpha value is -3.91. The van der Waals surface area contributed by atoms with Crippen LogP contribution in [0.4, 0.5) is 15.3 Å². The van der Waals surface area contributed by atoms with Gasteiger partial charge >= 0.3 is 12.1 Å². The Morgan fingerprint density at radius 3 is 2.20 bits per heavy atom. The monoisotopic (exact) mass is 634 g/mol. The topological polar surface area (TPSA) is 201 Å². The molecule has 0 aliphatic carbocycles. The number of likely N-dealkylation sites (N-methyl/N-ethyl adjacent to an activating group) is 2. The number of nitrogens with zero attached hydrogens (tertiary/aromatic N) is 2. The van der Waals surface area contributed by atoms with Crippen LogP contribution >= 0.6 is 0 Å². The van der Waals surface area contributed by atoms with Crippen molar-refractivity contribution in [3.63, 3.8) is 0 Å². The van der Waals surface area contributed by atoms with Gasteiger partial charge in [-0.05, 0) is 69.4 Å². The van der Waals surface area contributed by atoms with Crippen molar-refractivity contribution < 1.29 is 28.7 Å². The highest BCUT2D eigenvalue weighted by Gasteiger charge is 2.28. The number of amides is 6.